The van der Waals surface area contributed by atoms with Crippen molar-refractivity contribution in [3.8, 4) is 11.5 Å². The molecule has 1 N–H and O–H groups in total. The van der Waals surface area contributed by atoms with Gasteiger partial charge in [0.25, 0.3) is 0 Å². The number of hydrogen-bond donors (Lipinski definition) is 1. The highest BCUT2D eigenvalue weighted by Crippen LogP contribution is 2.31. The molecular formula is C25H26ClF3N4O5. The van der Waals surface area contributed by atoms with Crippen molar-refractivity contribution < 1.29 is 32.7 Å². The molecule has 1 aliphatic rings. The van der Waals surface area contributed by atoms with Crippen LogP contribution < -0.4 is 14.4 Å². The van der Waals surface area contributed by atoms with Crippen molar-refractivity contribution >= 4 is 23.1 Å². The Balaban J connectivity index is 1.18. The largest absolute Gasteiger partial charge is 0.491 e. The minimum absolute atomic E-state index is 0.0138. The number of piperidine rings is 1. The predicted molar refractivity (Wildman–Crippen MR) is 134 cm³/mol. The van der Waals surface area contributed by atoms with E-state index in [9.17, 15) is 28.4 Å². The van der Waals surface area contributed by atoms with Crippen molar-refractivity contribution in [3.63, 3.8) is 0 Å². The van der Waals surface area contributed by atoms with Crippen LogP contribution in [0.25, 0.3) is 0 Å². The molecule has 1 atom stereocenters. The molecule has 0 amide bonds. The molecule has 1 saturated heterocycles. The van der Waals surface area contributed by atoms with E-state index in [1.807, 2.05) is 4.90 Å². The molecule has 0 saturated carbocycles. The number of ether oxygens (including phenoxy) is 2. The zero-order valence-corrected chi connectivity index (χ0v) is 20.9. The van der Waals surface area contributed by atoms with Gasteiger partial charge < -0.3 is 29.6 Å². The molecule has 2 aromatic carbocycles. The van der Waals surface area contributed by atoms with Crippen LogP contribution in [0.1, 0.15) is 24.8 Å². The fraction of sp³-hybridized carbons (Fsp3) is 0.400. The van der Waals surface area contributed by atoms with Gasteiger partial charge in [-0.3, -0.25) is 4.57 Å². The van der Waals surface area contributed by atoms with E-state index >= 15 is 0 Å². The first kappa shape index (κ1) is 27.5. The number of nitro groups is 1. The maximum absolute atomic E-state index is 12.8. The average molecular weight is 555 g/mol. The molecule has 0 spiro atoms. The van der Waals surface area contributed by atoms with Crippen LogP contribution in [0.3, 0.4) is 0 Å². The van der Waals surface area contributed by atoms with E-state index in [1.54, 1.807) is 24.3 Å². The molecule has 1 aromatic heterocycles. The van der Waals surface area contributed by atoms with Gasteiger partial charge in [0, 0.05) is 38.2 Å². The van der Waals surface area contributed by atoms with Crippen LogP contribution in [-0.4, -0.2) is 51.5 Å². The Hall–Kier alpha value is -3.51. The molecule has 0 aliphatic carbocycles. The number of imidazole rings is 1. The molecule has 1 aliphatic heterocycles. The lowest BCUT2D eigenvalue weighted by Gasteiger charge is -2.33. The Morgan fingerprint density at radius 3 is 2.32 bits per heavy atom. The van der Waals surface area contributed by atoms with Gasteiger partial charge in [0.05, 0.1) is 11.7 Å². The summed E-state index contributed by atoms with van der Waals surface area (Å²) < 4.78 is 51.4. The highest BCUT2D eigenvalue weighted by molar-refractivity contribution is 6.28. The van der Waals surface area contributed by atoms with Crippen LogP contribution in [0, 0.1) is 10.1 Å². The standard InChI is InChI=1S/C25H26ClF3N4O5/c26-24-30-23(33(35)36)15-32(24)12-9-19(34)16-37-20-5-7-21(8-6-20)38-22-10-13-31(14-11-22)18-3-1-17(2-4-18)25(27,28)29/h1-8,15,19,22,34H,9-14,16H2. The SMILES string of the molecule is O=[N+]([O-])c1cn(CCC(O)COc2ccc(OC3CCN(c4ccc(C(F)(F)F)cc4)CC3)cc2)c(Cl)n1. The molecule has 3 aromatic rings. The zero-order valence-electron chi connectivity index (χ0n) is 20.2. The number of alkyl halides is 3. The van der Waals surface area contributed by atoms with E-state index in [1.165, 1.54) is 22.9 Å². The van der Waals surface area contributed by atoms with Crippen molar-refractivity contribution in [1.29, 1.82) is 0 Å². The van der Waals surface area contributed by atoms with Crippen molar-refractivity contribution in [1.82, 2.24) is 9.55 Å². The van der Waals surface area contributed by atoms with Crippen LogP contribution in [0.2, 0.25) is 5.28 Å². The van der Waals surface area contributed by atoms with Gasteiger partial charge >= 0.3 is 17.3 Å². The summed E-state index contributed by atoms with van der Waals surface area (Å²) in [6.45, 7) is 1.62. The van der Waals surface area contributed by atoms with Gasteiger partial charge in [-0.05, 0) is 76.5 Å². The number of aliphatic hydroxyl groups excluding tert-OH is 1. The van der Waals surface area contributed by atoms with Gasteiger partial charge in [-0.2, -0.15) is 13.2 Å². The lowest BCUT2D eigenvalue weighted by Crippen LogP contribution is -2.38. The average Bonchev–Trinajstić information content (AvgIpc) is 3.28. The van der Waals surface area contributed by atoms with Crippen LogP contribution in [-0.2, 0) is 12.7 Å². The minimum Gasteiger partial charge on any atom is -0.491 e. The first-order valence-electron chi connectivity index (χ1n) is 12.0. The summed E-state index contributed by atoms with van der Waals surface area (Å²) >= 11 is 5.87. The molecule has 2 heterocycles. The minimum atomic E-state index is -4.34. The Kier molecular flexibility index (Phi) is 8.62. The van der Waals surface area contributed by atoms with Crippen molar-refractivity contribution in [2.45, 2.75) is 44.2 Å². The maximum atomic E-state index is 12.8. The Morgan fingerprint density at radius 2 is 1.74 bits per heavy atom. The molecule has 9 nitrogen and oxygen atoms in total. The van der Waals surface area contributed by atoms with E-state index in [0.717, 1.165) is 30.7 Å². The van der Waals surface area contributed by atoms with Crippen molar-refractivity contribution in [2.75, 3.05) is 24.6 Å². The summed E-state index contributed by atoms with van der Waals surface area (Å²) in [5, 5.41) is 20.9. The second-order valence-corrected chi connectivity index (χ2v) is 9.23. The third kappa shape index (κ3) is 7.29. The lowest BCUT2D eigenvalue weighted by molar-refractivity contribution is -0.389. The van der Waals surface area contributed by atoms with Crippen molar-refractivity contribution in [2.24, 2.45) is 0 Å². The van der Waals surface area contributed by atoms with Crippen LogP contribution in [0.4, 0.5) is 24.7 Å². The molecule has 204 valence electrons. The number of hydrogen-bond acceptors (Lipinski definition) is 7. The van der Waals surface area contributed by atoms with Crippen LogP contribution in [0.15, 0.2) is 54.7 Å². The molecule has 0 radical (unpaired) electrons. The van der Waals surface area contributed by atoms with E-state index in [0.29, 0.717) is 24.6 Å². The molecule has 1 unspecified atom stereocenters. The summed E-state index contributed by atoms with van der Waals surface area (Å²) in [6.07, 6.45) is -2.24. The van der Waals surface area contributed by atoms with Crippen LogP contribution in [0.5, 0.6) is 11.5 Å². The maximum Gasteiger partial charge on any atom is 0.416 e. The number of aryl methyl sites for hydroxylation is 1. The topological polar surface area (TPSA) is 103 Å². The number of aliphatic hydroxyl groups is 1. The monoisotopic (exact) mass is 554 g/mol. The van der Waals surface area contributed by atoms with Gasteiger partial charge in [-0.25, -0.2) is 0 Å². The van der Waals surface area contributed by atoms with E-state index in [2.05, 4.69) is 4.98 Å². The van der Waals surface area contributed by atoms with Gasteiger partial charge in [-0.1, -0.05) is 0 Å². The van der Waals surface area contributed by atoms with Crippen molar-refractivity contribution in [3.05, 3.63) is 75.7 Å². The van der Waals surface area contributed by atoms with Gasteiger partial charge in [0.15, 0.2) is 0 Å². The summed E-state index contributed by atoms with van der Waals surface area (Å²) in [6, 6.07) is 12.2. The normalized spacial score (nSPS) is 15.3. The second kappa shape index (κ2) is 11.9. The van der Waals surface area contributed by atoms with E-state index in [4.69, 9.17) is 21.1 Å². The molecule has 0 bridgehead atoms. The van der Waals surface area contributed by atoms with Crippen LogP contribution >= 0.6 is 11.6 Å². The second-order valence-electron chi connectivity index (χ2n) is 8.89. The summed E-state index contributed by atoms with van der Waals surface area (Å²) in [5.41, 5.74) is 0.101. The molecule has 13 heteroatoms. The lowest BCUT2D eigenvalue weighted by atomic mass is 10.1. The van der Waals surface area contributed by atoms with Gasteiger partial charge in [0.2, 0.25) is 0 Å². The molecule has 1 fully saturated rings. The number of halogens is 4. The van der Waals surface area contributed by atoms with E-state index in [-0.39, 0.29) is 36.8 Å². The highest BCUT2D eigenvalue weighted by atomic mass is 35.5. The Labute approximate surface area is 221 Å². The van der Waals surface area contributed by atoms with Gasteiger partial charge in [-0.15, -0.1) is 0 Å². The fourth-order valence-electron chi connectivity index (χ4n) is 4.09. The number of benzene rings is 2. The zero-order chi connectivity index (χ0) is 27.3. The first-order valence-corrected chi connectivity index (χ1v) is 12.3. The highest BCUT2D eigenvalue weighted by Gasteiger charge is 2.30. The summed E-state index contributed by atoms with van der Waals surface area (Å²) in [7, 11) is 0. The first-order chi connectivity index (χ1) is 18.1. The third-order valence-corrected chi connectivity index (χ3v) is 6.48. The predicted octanol–water partition coefficient (Wildman–Crippen LogP) is 5.34. The number of nitrogens with zero attached hydrogens (tertiary/aromatic N) is 4. The van der Waals surface area contributed by atoms with Gasteiger partial charge in [0.1, 0.15) is 30.4 Å². The fourth-order valence-corrected chi connectivity index (χ4v) is 4.31. The molecule has 4 rings (SSSR count). The Morgan fingerprint density at radius 1 is 1.11 bits per heavy atom. The summed E-state index contributed by atoms with van der Waals surface area (Å²) in [5.74, 6) is 0.861. The third-order valence-electron chi connectivity index (χ3n) is 6.18. The van der Waals surface area contributed by atoms with E-state index < -0.39 is 22.8 Å². The number of anilines is 1. The number of rotatable bonds is 10. The molecule has 38 heavy (non-hydrogen) atoms. The number of aromatic nitrogens is 2. The quantitative estimate of drug-likeness (QED) is 0.266. The summed E-state index contributed by atoms with van der Waals surface area (Å²) in [4.78, 5) is 15.8. The Bertz CT molecular complexity index is 1210. The smallest absolute Gasteiger partial charge is 0.416 e. The molecular weight excluding hydrogens is 529 g/mol.